The molecule has 14 heteroatoms. The number of hydrazone groups is 1. The van der Waals surface area contributed by atoms with Crippen LogP contribution in [0.2, 0.25) is 0 Å². The van der Waals surface area contributed by atoms with Crippen LogP contribution in [-0.4, -0.2) is 42.4 Å². The van der Waals surface area contributed by atoms with Crippen molar-refractivity contribution in [1.29, 1.82) is 0 Å². The fourth-order valence-electron chi connectivity index (χ4n) is 2.71. The Morgan fingerprint density at radius 2 is 1.97 bits per heavy atom. The average Bonchev–Trinajstić information content (AvgIpc) is 3.41. The lowest BCUT2D eigenvalue weighted by molar-refractivity contribution is -0.384. The number of nitrogens with one attached hydrogen (secondary N) is 1. The van der Waals surface area contributed by atoms with Crippen molar-refractivity contribution in [1.82, 2.24) is 30.7 Å². The molecule has 2 aromatic heterocycles. The van der Waals surface area contributed by atoms with Crippen molar-refractivity contribution >= 4 is 23.6 Å². The van der Waals surface area contributed by atoms with Gasteiger partial charge in [-0.1, -0.05) is 23.4 Å². The molecule has 0 saturated heterocycles. The van der Waals surface area contributed by atoms with Gasteiger partial charge in [0.15, 0.2) is 5.69 Å². The second kappa shape index (κ2) is 8.39. The van der Waals surface area contributed by atoms with Crippen molar-refractivity contribution in [3.63, 3.8) is 0 Å². The Hall–Kier alpha value is -5.01. The average molecular weight is 437 g/mol. The van der Waals surface area contributed by atoms with Crippen molar-refractivity contribution in [3.8, 4) is 17.1 Å². The van der Waals surface area contributed by atoms with Crippen molar-refractivity contribution in [2.24, 2.45) is 5.10 Å². The van der Waals surface area contributed by atoms with Crippen LogP contribution in [0.5, 0.6) is 0 Å². The predicted molar refractivity (Wildman–Crippen MR) is 107 cm³/mol. The number of nitrogen functional groups attached to an aromatic ring is 1. The van der Waals surface area contributed by atoms with E-state index in [0.717, 1.165) is 10.9 Å². The second-order valence-corrected chi connectivity index (χ2v) is 6.20. The van der Waals surface area contributed by atoms with Gasteiger partial charge in [0.05, 0.1) is 11.1 Å². The molecule has 2 heterocycles. The number of halogens is 1. The van der Waals surface area contributed by atoms with Gasteiger partial charge < -0.3 is 5.73 Å². The van der Waals surface area contributed by atoms with Crippen molar-refractivity contribution in [3.05, 3.63) is 75.7 Å². The maximum absolute atomic E-state index is 13.7. The molecule has 1 amide bonds. The van der Waals surface area contributed by atoms with Crippen molar-refractivity contribution in [2.75, 3.05) is 5.73 Å². The number of hydrogen-bond donors (Lipinski definition) is 2. The van der Waals surface area contributed by atoms with Crippen LogP contribution in [0.15, 0.2) is 58.3 Å². The van der Waals surface area contributed by atoms with E-state index in [4.69, 9.17) is 5.73 Å². The van der Waals surface area contributed by atoms with Gasteiger partial charge in [0.25, 0.3) is 11.6 Å². The summed E-state index contributed by atoms with van der Waals surface area (Å²) in [6.07, 6.45) is 1.13. The zero-order valence-corrected chi connectivity index (χ0v) is 15.9. The molecule has 4 aromatic rings. The van der Waals surface area contributed by atoms with E-state index in [1.807, 2.05) is 0 Å². The van der Waals surface area contributed by atoms with E-state index in [0.29, 0.717) is 5.56 Å². The van der Waals surface area contributed by atoms with E-state index in [9.17, 15) is 19.3 Å². The number of hydrogen-bond acceptors (Lipinski definition) is 10. The Morgan fingerprint density at radius 1 is 1.22 bits per heavy atom. The van der Waals surface area contributed by atoms with Gasteiger partial charge in [-0.15, -0.1) is 5.10 Å². The normalized spacial score (nSPS) is 11.0. The highest BCUT2D eigenvalue weighted by molar-refractivity contribution is 5.98. The van der Waals surface area contributed by atoms with Crippen LogP contribution in [0.1, 0.15) is 16.1 Å². The highest BCUT2D eigenvalue weighted by Crippen LogP contribution is 2.28. The maximum atomic E-state index is 13.7. The molecule has 2 aromatic carbocycles. The fraction of sp³-hybridized carbons (Fsp3) is 0. The molecule has 0 bridgehead atoms. The number of nitrogens with zero attached hydrogens (tertiary/aromatic N) is 7. The van der Waals surface area contributed by atoms with E-state index in [2.05, 4.69) is 35.8 Å². The van der Waals surface area contributed by atoms with Crippen LogP contribution >= 0.6 is 0 Å². The molecule has 0 spiro atoms. The summed E-state index contributed by atoms with van der Waals surface area (Å²) in [6, 6.07) is 11.1. The molecule has 0 aliphatic rings. The lowest BCUT2D eigenvalue weighted by atomic mass is 10.1. The van der Waals surface area contributed by atoms with Crippen LogP contribution in [0.4, 0.5) is 15.9 Å². The van der Waals surface area contributed by atoms with E-state index in [1.165, 1.54) is 42.5 Å². The van der Waals surface area contributed by atoms with Gasteiger partial charge in [0.2, 0.25) is 11.6 Å². The highest BCUT2D eigenvalue weighted by atomic mass is 19.1. The van der Waals surface area contributed by atoms with Gasteiger partial charge in [-0.2, -0.15) is 9.78 Å². The first-order valence-electron chi connectivity index (χ1n) is 8.82. The summed E-state index contributed by atoms with van der Waals surface area (Å²) < 4.78 is 19.4. The second-order valence-electron chi connectivity index (χ2n) is 6.20. The molecule has 32 heavy (non-hydrogen) atoms. The summed E-state index contributed by atoms with van der Waals surface area (Å²) >= 11 is 0. The molecule has 0 aliphatic carbocycles. The summed E-state index contributed by atoms with van der Waals surface area (Å²) in [5, 5.41) is 29.5. The van der Waals surface area contributed by atoms with E-state index < -0.39 is 16.6 Å². The quantitative estimate of drug-likeness (QED) is 0.258. The van der Waals surface area contributed by atoms with Crippen LogP contribution in [0, 0.1) is 15.9 Å². The van der Waals surface area contributed by atoms with E-state index in [1.54, 1.807) is 6.07 Å². The van der Waals surface area contributed by atoms with Gasteiger partial charge in [0, 0.05) is 23.3 Å². The molecule has 0 fully saturated rings. The number of benzene rings is 2. The topological polar surface area (TPSA) is 180 Å². The number of rotatable bonds is 6. The van der Waals surface area contributed by atoms with Crippen LogP contribution in [-0.2, 0) is 0 Å². The minimum atomic E-state index is -0.785. The Bertz CT molecular complexity index is 1330. The molecule has 160 valence electrons. The maximum Gasteiger partial charge on any atom is 0.294 e. The summed E-state index contributed by atoms with van der Waals surface area (Å²) in [5.41, 5.74) is 8.20. The number of non-ortho nitro benzene ring substituents is 1. The fourth-order valence-corrected chi connectivity index (χ4v) is 2.71. The molecule has 13 nitrogen and oxygen atoms in total. The van der Waals surface area contributed by atoms with Gasteiger partial charge >= 0.3 is 0 Å². The Balaban J connectivity index is 1.71. The van der Waals surface area contributed by atoms with Crippen molar-refractivity contribution < 1.29 is 18.7 Å². The summed E-state index contributed by atoms with van der Waals surface area (Å²) in [7, 11) is 0. The van der Waals surface area contributed by atoms with Gasteiger partial charge in [-0.05, 0) is 28.5 Å². The van der Waals surface area contributed by atoms with E-state index in [-0.39, 0.29) is 34.3 Å². The summed E-state index contributed by atoms with van der Waals surface area (Å²) in [5.74, 6) is -1.47. The van der Waals surface area contributed by atoms with Gasteiger partial charge in [-0.25, -0.2) is 14.4 Å². The number of nitro groups is 1. The van der Waals surface area contributed by atoms with Crippen LogP contribution in [0.25, 0.3) is 17.1 Å². The zero-order valence-electron chi connectivity index (χ0n) is 15.9. The SMILES string of the molecule is Nc1nonc1-n1nnc(C(=O)NN=Cc2ccccc2F)c1-c1ccc([N+](=O)[O-])cc1. The largest absolute Gasteiger partial charge is 0.378 e. The third-order valence-corrected chi connectivity index (χ3v) is 4.21. The molecule has 0 atom stereocenters. The molecular weight excluding hydrogens is 425 g/mol. The highest BCUT2D eigenvalue weighted by Gasteiger charge is 2.25. The number of carbonyl (C=O) groups is 1. The predicted octanol–water partition coefficient (Wildman–Crippen LogP) is 1.71. The monoisotopic (exact) mass is 437 g/mol. The Kier molecular flexibility index (Phi) is 5.31. The minimum Gasteiger partial charge on any atom is -0.378 e. The van der Waals surface area contributed by atoms with Crippen molar-refractivity contribution in [2.45, 2.75) is 0 Å². The lowest BCUT2D eigenvalue weighted by Crippen LogP contribution is -2.19. The minimum absolute atomic E-state index is 0.0419. The standard InChI is InChI=1S/C18H12FN9O4/c19-13-4-2-1-3-11(13)9-21-23-18(29)14-15(10-5-7-12(8-6-10)28(30)31)27(26-22-14)17-16(20)24-32-25-17/h1-9H,(H2,20,24)(H,23,29). The Labute approximate surface area is 177 Å². The molecular formula is C18H12FN9O4. The van der Waals surface area contributed by atoms with Gasteiger partial charge in [0.1, 0.15) is 11.5 Å². The van der Waals surface area contributed by atoms with Crippen LogP contribution < -0.4 is 11.2 Å². The molecule has 3 N–H and O–H groups in total. The smallest absolute Gasteiger partial charge is 0.294 e. The summed E-state index contributed by atoms with van der Waals surface area (Å²) in [4.78, 5) is 23.1. The first kappa shape index (κ1) is 20.3. The number of anilines is 1. The molecule has 4 rings (SSSR count). The van der Waals surface area contributed by atoms with Crippen LogP contribution in [0.3, 0.4) is 0 Å². The first-order chi connectivity index (χ1) is 15.5. The molecule has 0 unspecified atom stereocenters. The summed E-state index contributed by atoms with van der Waals surface area (Å²) in [6.45, 7) is 0. The lowest BCUT2D eigenvalue weighted by Gasteiger charge is -2.05. The third-order valence-electron chi connectivity index (χ3n) is 4.21. The third kappa shape index (κ3) is 3.87. The molecule has 0 saturated carbocycles. The zero-order chi connectivity index (χ0) is 22.7. The van der Waals surface area contributed by atoms with E-state index >= 15 is 0 Å². The first-order valence-corrected chi connectivity index (χ1v) is 8.82. The number of aromatic nitrogens is 5. The van der Waals surface area contributed by atoms with Gasteiger partial charge in [-0.3, -0.25) is 14.9 Å². The molecule has 0 aliphatic heterocycles. The number of amides is 1. The molecule has 0 radical (unpaired) electrons. The number of nitrogens with two attached hydrogens (primary N) is 1. The number of nitro benzene ring substituents is 1. The number of carbonyl (C=O) groups excluding carboxylic acids is 1. The Morgan fingerprint density at radius 3 is 2.62 bits per heavy atom.